The minimum Gasteiger partial charge on any atom is -0.323 e. The second-order valence-corrected chi connectivity index (χ2v) is 10.2. The van der Waals surface area contributed by atoms with E-state index in [1.165, 1.54) is 6.20 Å². The number of rotatable bonds is 4. The fraction of sp³-hybridized carbons (Fsp3) is 0.250. The molecule has 3 heterocycles. The molecule has 0 aliphatic rings. The van der Waals surface area contributed by atoms with Crippen molar-refractivity contribution < 1.29 is 8.42 Å². The Hall–Kier alpha value is -2.91. The first-order valence-corrected chi connectivity index (χ1v) is 11.1. The number of aromatic nitrogens is 5. The Kier molecular flexibility index (Phi) is 4.82. The summed E-state index contributed by atoms with van der Waals surface area (Å²) < 4.78 is 27.4. The van der Waals surface area contributed by atoms with Gasteiger partial charge in [-0.1, -0.05) is 38.5 Å². The number of anilines is 2. The van der Waals surface area contributed by atoms with E-state index in [4.69, 9.17) is 11.6 Å². The third-order valence-corrected chi connectivity index (χ3v) is 6.54. The molecule has 0 aliphatic carbocycles. The molecule has 0 radical (unpaired) electrons. The Bertz CT molecular complexity index is 1330. The van der Waals surface area contributed by atoms with Crippen molar-refractivity contribution in [3.63, 3.8) is 0 Å². The Morgan fingerprint density at radius 1 is 1.10 bits per heavy atom. The lowest BCUT2D eigenvalue weighted by Crippen LogP contribution is -2.13. The highest BCUT2D eigenvalue weighted by Gasteiger charge is 2.23. The molecule has 0 unspecified atom stereocenters. The molecular formula is C20H21ClN6O2S. The lowest BCUT2D eigenvalue weighted by molar-refractivity contribution is 0.567. The zero-order chi connectivity index (χ0) is 21.7. The molecule has 3 aromatic heterocycles. The molecule has 4 aromatic rings. The SMILES string of the molecule is Cc1ccc(S(=O)(=O)n2ccc3c(Nc4cc(C(C)(C)C)[nH]n4)nc(Cl)nc32)cc1. The van der Waals surface area contributed by atoms with Crippen LogP contribution in [0.15, 0.2) is 47.5 Å². The highest BCUT2D eigenvalue weighted by Crippen LogP contribution is 2.29. The predicted octanol–water partition coefficient (Wildman–Crippen LogP) is 4.39. The van der Waals surface area contributed by atoms with Gasteiger partial charge in [0.1, 0.15) is 5.82 Å². The van der Waals surface area contributed by atoms with Crippen LogP contribution in [0.25, 0.3) is 11.0 Å². The number of hydrogen-bond donors (Lipinski definition) is 2. The van der Waals surface area contributed by atoms with Crippen LogP contribution in [0.4, 0.5) is 11.6 Å². The van der Waals surface area contributed by atoms with Gasteiger partial charge in [0.15, 0.2) is 11.5 Å². The molecular weight excluding hydrogens is 424 g/mol. The maximum atomic E-state index is 13.1. The molecule has 0 aliphatic heterocycles. The second kappa shape index (κ2) is 7.10. The number of H-pyrrole nitrogens is 1. The summed E-state index contributed by atoms with van der Waals surface area (Å²) in [6.45, 7) is 8.10. The van der Waals surface area contributed by atoms with Crippen molar-refractivity contribution in [3.8, 4) is 0 Å². The van der Waals surface area contributed by atoms with Gasteiger partial charge in [0.2, 0.25) is 5.28 Å². The van der Waals surface area contributed by atoms with Gasteiger partial charge in [-0.15, -0.1) is 0 Å². The van der Waals surface area contributed by atoms with E-state index in [1.54, 1.807) is 30.3 Å². The van der Waals surface area contributed by atoms with E-state index in [2.05, 4.69) is 46.3 Å². The number of benzene rings is 1. The fourth-order valence-electron chi connectivity index (χ4n) is 2.97. The van der Waals surface area contributed by atoms with Crippen LogP contribution in [-0.2, 0) is 15.4 Å². The van der Waals surface area contributed by atoms with Gasteiger partial charge in [0.25, 0.3) is 10.0 Å². The highest BCUT2D eigenvalue weighted by molar-refractivity contribution is 7.90. The molecule has 0 spiro atoms. The molecule has 0 atom stereocenters. The normalized spacial score (nSPS) is 12.4. The number of halogens is 1. The van der Waals surface area contributed by atoms with Gasteiger partial charge < -0.3 is 5.32 Å². The summed E-state index contributed by atoms with van der Waals surface area (Å²) in [5.41, 5.74) is 2.00. The largest absolute Gasteiger partial charge is 0.323 e. The van der Waals surface area contributed by atoms with Gasteiger partial charge in [-0.2, -0.15) is 15.1 Å². The minimum atomic E-state index is -3.84. The van der Waals surface area contributed by atoms with Crippen molar-refractivity contribution in [2.24, 2.45) is 0 Å². The van der Waals surface area contributed by atoms with Gasteiger partial charge >= 0.3 is 0 Å². The van der Waals surface area contributed by atoms with Crippen molar-refractivity contribution in [1.29, 1.82) is 0 Å². The summed E-state index contributed by atoms with van der Waals surface area (Å²) in [6.07, 6.45) is 1.45. The van der Waals surface area contributed by atoms with Crippen LogP contribution >= 0.6 is 11.6 Å². The molecule has 156 valence electrons. The zero-order valence-electron chi connectivity index (χ0n) is 16.9. The van der Waals surface area contributed by atoms with Crippen LogP contribution in [0.3, 0.4) is 0 Å². The lowest BCUT2D eigenvalue weighted by Gasteiger charge is -2.14. The summed E-state index contributed by atoms with van der Waals surface area (Å²) >= 11 is 6.12. The second-order valence-electron chi connectivity index (χ2n) is 8.05. The number of aromatic amines is 1. The summed E-state index contributed by atoms with van der Waals surface area (Å²) in [7, 11) is -3.84. The van der Waals surface area contributed by atoms with E-state index in [0.29, 0.717) is 17.0 Å². The van der Waals surface area contributed by atoms with E-state index in [9.17, 15) is 8.42 Å². The monoisotopic (exact) mass is 444 g/mol. The highest BCUT2D eigenvalue weighted by atomic mass is 35.5. The molecule has 0 saturated carbocycles. The van der Waals surface area contributed by atoms with Crippen LogP contribution in [0, 0.1) is 6.92 Å². The topological polar surface area (TPSA) is 106 Å². The van der Waals surface area contributed by atoms with E-state index >= 15 is 0 Å². The van der Waals surface area contributed by atoms with E-state index < -0.39 is 10.0 Å². The predicted molar refractivity (Wildman–Crippen MR) is 117 cm³/mol. The first-order chi connectivity index (χ1) is 14.1. The Balaban J connectivity index is 1.78. The van der Waals surface area contributed by atoms with Crippen molar-refractivity contribution in [3.05, 3.63) is 59.1 Å². The third kappa shape index (κ3) is 3.66. The number of nitrogens with zero attached hydrogens (tertiary/aromatic N) is 4. The van der Waals surface area contributed by atoms with Gasteiger partial charge in [-0.3, -0.25) is 5.10 Å². The maximum absolute atomic E-state index is 13.1. The third-order valence-electron chi connectivity index (χ3n) is 4.69. The average molecular weight is 445 g/mol. The summed E-state index contributed by atoms with van der Waals surface area (Å²) in [6, 6.07) is 10.1. The standard InChI is InChI=1S/C20H21ClN6O2S/c1-12-5-7-13(8-6-12)30(28,29)27-10-9-14-17(23-19(21)24-18(14)27)22-16-11-15(25-26-16)20(2,3)4/h5-11H,1-4H3,(H2,22,23,24,25,26). The number of nitrogens with one attached hydrogen (secondary N) is 2. The van der Waals surface area contributed by atoms with E-state index in [1.807, 2.05) is 13.0 Å². The molecule has 0 bridgehead atoms. The van der Waals surface area contributed by atoms with Gasteiger partial charge in [-0.05, 0) is 36.7 Å². The van der Waals surface area contributed by atoms with Crippen LogP contribution in [0.1, 0.15) is 32.0 Å². The first kappa shape index (κ1) is 20.4. The number of hydrogen-bond acceptors (Lipinski definition) is 6. The van der Waals surface area contributed by atoms with Crippen molar-refractivity contribution >= 4 is 44.3 Å². The molecule has 0 fully saturated rings. The minimum absolute atomic E-state index is 0.0735. The number of fused-ring (bicyclic) bond motifs is 1. The van der Waals surface area contributed by atoms with Crippen molar-refractivity contribution in [2.45, 2.75) is 38.0 Å². The summed E-state index contributed by atoms with van der Waals surface area (Å²) in [5, 5.41) is 10.8. The molecule has 30 heavy (non-hydrogen) atoms. The van der Waals surface area contributed by atoms with E-state index in [-0.39, 0.29) is 21.2 Å². The fourth-order valence-corrected chi connectivity index (χ4v) is 4.43. The molecule has 2 N–H and O–H groups in total. The van der Waals surface area contributed by atoms with Crippen molar-refractivity contribution in [1.82, 2.24) is 24.1 Å². The summed E-state index contributed by atoms with van der Waals surface area (Å²) in [4.78, 5) is 8.55. The quantitative estimate of drug-likeness (QED) is 0.452. The molecule has 0 amide bonds. The maximum Gasteiger partial charge on any atom is 0.269 e. The Labute approximate surface area is 179 Å². The van der Waals surface area contributed by atoms with Crippen molar-refractivity contribution in [2.75, 3.05) is 5.32 Å². The molecule has 0 saturated heterocycles. The van der Waals surface area contributed by atoms with E-state index in [0.717, 1.165) is 15.2 Å². The van der Waals surface area contributed by atoms with Crippen LogP contribution in [0.5, 0.6) is 0 Å². The van der Waals surface area contributed by atoms with Gasteiger partial charge in [0, 0.05) is 23.4 Å². The van der Waals surface area contributed by atoms with Crippen LogP contribution in [0.2, 0.25) is 5.28 Å². The van der Waals surface area contributed by atoms with Crippen LogP contribution in [-0.4, -0.2) is 32.6 Å². The molecule has 1 aromatic carbocycles. The number of aryl methyl sites for hydroxylation is 1. The van der Waals surface area contributed by atoms with Crippen LogP contribution < -0.4 is 5.32 Å². The van der Waals surface area contributed by atoms with Gasteiger partial charge in [0.05, 0.1) is 10.3 Å². The van der Waals surface area contributed by atoms with Gasteiger partial charge in [-0.25, -0.2) is 12.4 Å². The Morgan fingerprint density at radius 2 is 1.80 bits per heavy atom. The zero-order valence-corrected chi connectivity index (χ0v) is 18.5. The molecule has 10 heteroatoms. The lowest BCUT2D eigenvalue weighted by atomic mass is 9.92. The average Bonchev–Trinajstić information content (AvgIpc) is 3.29. The Morgan fingerprint density at radius 3 is 2.43 bits per heavy atom. The smallest absolute Gasteiger partial charge is 0.269 e. The molecule has 4 rings (SSSR count). The summed E-state index contributed by atoms with van der Waals surface area (Å²) in [5.74, 6) is 0.917. The first-order valence-electron chi connectivity index (χ1n) is 9.25. The molecule has 8 nitrogen and oxygen atoms in total.